The predicted octanol–water partition coefficient (Wildman–Crippen LogP) is 2.09. The summed E-state index contributed by atoms with van der Waals surface area (Å²) in [5, 5.41) is 13.3. The second-order valence-corrected chi connectivity index (χ2v) is 5.32. The molecule has 0 aromatic carbocycles. The van der Waals surface area contributed by atoms with E-state index in [1.54, 1.807) is 24.5 Å². The molecule has 1 heterocycles. The third kappa shape index (κ3) is 2.66. The van der Waals surface area contributed by atoms with E-state index in [1.807, 2.05) is 5.38 Å². The molecule has 0 aliphatic heterocycles. The van der Waals surface area contributed by atoms with Crippen LogP contribution in [0, 0.1) is 0 Å². The summed E-state index contributed by atoms with van der Waals surface area (Å²) in [6, 6.07) is 0. The van der Waals surface area contributed by atoms with Crippen molar-refractivity contribution in [1.29, 1.82) is 0 Å². The Morgan fingerprint density at radius 2 is 2.35 bits per heavy atom. The molecule has 0 spiro atoms. The number of thiazole rings is 1. The lowest BCUT2D eigenvalue weighted by Gasteiger charge is -2.33. The maximum atomic E-state index is 11.6. The van der Waals surface area contributed by atoms with Gasteiger partial charge in [-0.3, -0.25) is 0 Å². The van der Waals surface area contributed by atoms with E-state index >= 15 is 0 Å². The number of hydrogen-bond acceptors (Lipinski definition) is 5. The molecule has 0 unspecified atom stereocenters. The summed E-state index contributed by atoms with van der Waals surface area (Å²) in [7, 11) is 0. The van der Waals surface area contributed by atoms with Gasteiger partial charge in [-0.2, -0.15) is 0 Å². The molecule has 4 nitrogen and oxygen atoms in total. The van der Waals surface area contributed by atoms with Crippen LogP contribution in [0.2, 0.25) is 0 Å². The molecule has 0 radical (unpaired) electrons. The lowest BCUT2D eigenvalue weighted by Crippen LogP contribution is -2.43. The third-order valence-electron chi connectivity index (χ3n) is 3.27. The van der Waals surface area contributed by atoms with E-state index in [1.165, 1.54) is 0 Å². The average molecular weight is 255 g/mol. The Balaban J connectivity index is 1.95. The standard InChI is InChI=1S/C12H17NO3S/c1-2-16-11(14)12(15)5-3-9(4-6-12)10-13-7-8-17-10/h7-9,15H,2-6H2,1H3. The number of rotatable bonds is 3. The summed E-state index contributed by atoms with van der Waals surface area (Å²) < 4.78 is 4.91. The van der Waals surface area contributed by atoms with Crippen LogP contribution in [-0.2, 0) is 9.53 Å². The summed E-state index contributed by atoms with van der Waals surface area (Å²) in [6.45, 7) is 2.07. The highest BCUT2D eigenvalue weighted by Crippen LogP contribution is 2.39. The van der Waals surface area contributed by atoms with Crippen LogP contribution < -0.4 is 0 Å². The minimum atomic E-state index is -1.27. The van der Waals surface area contributed by atoms with E-state index in [-0.39, 0.29) is 0 Å². The van der Waals surface area contributed by atoms with Gasteiger partial charge in [-0.1, -0.05) is 0 Å². The molecule has 1 saturated carbocycles. The van der Waals surface area contributed by atoms with E-state index in [0.29, 0.717) is 25.4 Å². The van der Waals surface area contributed by atoms with E-state index in [2.05, 4.69) is 4.98 Å². The molecule has 0 amide bonds. The summed E-state index contributed by atoms with van der Waals surface area (Å²) in [5.41, 5.74) is -1.27. The van der Waals surface area contributed by atoms with Gasteiger partial charge in [0.05, 0.1) is 11.6 Å². The van der Waals surface area contributed by atoms with Crippen molar-refractivity contribution in [2.24, 2.45) is 0 Å². The first-order chi connectivity index (χ1) is 8.15. The number of carbonyl (C=O) groups excluding carboxylic acids is 1. The SMILES string of the molecule is CCOC(=O)C1(O)CCC(c2nccs2)CC1. The minimum Gasteiger partial charge on any atom is -0.464 e. The van der Waals surface area contributed by atoms with Crippen molar-refractivity contribution < 1.29 is 14.6 Å². The number of carbonyl (C=O) groups is 1. The molecule has 0 saturated heterocycles. The number of ether oxygens (including phenoxy) is 1. The van der Waals surface area contributed by atoms with E-state index in [9.17, 15) is 9.90 Å². The van der Waals surface area contributed by atoms with Gasteiger partial charge in [0, 0.05) is 17.5 Å². The van der Waals surface area contributed by atoms with Gasteiger partial charge in [0.25, 0.3) is 0 Å². The fraction of sp³-hybridized carbons (Fsp3) is 0.667. The van der Waals surface area contributed by atoms with Crippen molar-refractivity contribution in [2.45, 2.75) is 44.1 Å². The number of nitrogens with zero attached hydrogens (tertiary/aromatic N) is 1. The zero-order chi connectivity index (χ0) is 12.3. The Labute approximate surface area is 105 Å². The van der Waals surface area contributed by atoms with E-state index in [0.717, 1.165) is 17.8 Å². The monoisotopic (exact) mass is 255 g/mol. The molecule has 94 valence electrons. The molecule has 1 aliphatic carbocycles. The quantitative estimate of drug-likeness (QED) is 0.840. The van der Waals surface area contributed by atoms with Gasteiger partial charge in [-0.05, 0) is 32.6 Å². The molecule has 2 rings (SSSR count). The van der Waals surface area contributed by atoms with Gasteiger partial charge in [0.1, 0.15) is 0 Å². The fourth-order valence-corrected chi connectivity index (χ4v) is 3.06. The highest BCUT2D eigenvalue weighted by atomic mass is 32.1. The fourth-order valence-electron chi connectivity index (χ4n) is 2.25. The average Bonchev–Trinajstić information content (AvgIpc) is 2.84. The minimum absolute atomic E-state index is 0.317. The Kier molecular flexibility index (Phi) is 3.79. The van der Waals surface area contributed by atoms with Crippen LogP contribution in [0.3, 0.4) is 0 Å². The normalized spacial score (nSPS) is 28.9. The summed E-state index contributed by atoms with van der Waals surface area (Å²) in [5.74, 6) is -0.0951. The number of aromatic nitrogens is 1. The number of aliphatic hydroxyl groups is 1. The lowest BCUT2D eigenvalue weighted by molar-refractivity contribution is -0.168. The largest absolute Gasteiger partial charge is 0.464 e. The molecule has 5 heteroatoms. The van der Waals surface area contributed by atoms with Crippen molar-refractivity contribution >= 4 is 17.3 Å². The summed E-state index contributed by atoms with van der Waals surface area (Å²) in [4.78, 5) is 15.9. The van der Waals surface area contributed by atoms with Gasteiger partial charge < -0.3 is 9.84 Å². The van der Waals surface area contributed by atoms with Gasteiger partial charge >= 0.3 is 5.97 Å². The summed E-state index contributed by atoms with van der Waals surface area (Å²) >= 11 is 1.64. The second-order valence-electron chi connectivity index (χ2n) is 4.40. The predicted molar refractivity (Wildman–Crippen MR) is 64.9 cm³/mol. The smallest absolute Gasteiger partial charge is 0.338 e. The van der Waals surface area contributed by atoms with Crippen molar-refractivity contribution in [3.63, 3.8) is 0 Å². The maximum Gasteiger partial charge on any atom is 0.338 e. The van der Waals surface area contributed by atoms with Crippen LogP contribution in [0.5, 0.6) is 0 Å². The second kappa shape index (κ2) is 5.14. The van der Waals surface area contributed by atoms with Crippen molar-refractivity contribution in [3.8, 4) is 0 Å². The first kappa shape index (κ1) is 12.5. The Morgan fingerprint density at radius 1 is 1.65 bits per heavy atom. The van der Waals surface area contributed by atoms with Crippen LogP contribution in [0.4, 0.5) is 0 Å². The molecule has 1 aromatic heterocycles. The van der Waals surface area contributed by atoms with Gasteiger partial charge in [-0.25, -0.2) is 9.78 Å². The number of hydrogen-bond donors (Lipinski definition) is 1. The molecule has 17 heavy (non-hydrogen) atoms. The van der Waals surface area contributed by atoms with Crippen molar-refractivity contribution in [2.75, 3.05) is 6.61 Å². The lowest BCUT2D eigenvalue weighted by atomic mass is 9.79. The molecule has 1 aliphatic rings. The highest BCUT2D eigenvalue weighted by Gasteiger charge is 2.41. The molecule has 1 aromatic rings. The molecule has 0 bridgehead atoms. The zero-order valence-electron chi connectivity index (χ0n) is 9.89. The highest BCUT2D eigenvalue weighted by molar-refractivity contribution is 7.09. The molecular formula is C12H17NO3S. The van der Waals surface area contributed by atoms with Gasteiger partial charge in [-0.15, -0.1) is 11.3 Å². The molecular weight excluding hydrogens is 238 g/mol. The first-order valence-electron chi connectivity index (χ1n) is 5.94. The van der Waals surface area contributed by atoms with E-state index < -0.39 is 11.6 Å². The van der Waals surface area contributed by atoms with Gasteiger partial charge in [0.15, 0.2) is 5.60 Å². The van der Waals surface area contributed by atoms with Crippen LogP contribution in [0.15, 0.2) is 11.6 Å². The third-order valence-corrected chi connectivity index (χ3v) is 4.21. The molecule has 1 fully saturated rings. The Bertz CT molecular complexity index is 369. The molecule has 0 atom stereocenters. The van der Waals surface area contributed by atoms with Gasteiger partial charge in [0.2, 0.25) is 0 Å². The van der Waals surface area contributed by atoms with Crippen LogP contribution >= 0.6 is 11.3 Å². The first-order valence-corrected chi connectivity index (χ1v) is 6.82. The Hall–Kier alpha value is -0.940. The molecule has 1 N–H and O–H groups in total. The van der Waals surface area contributed by atoms with Crippen LogP contribution in [0.1, 0.15) is 43.5 Å². The summed E-state index contributed by atoms with van der Waals surface area (Å²) in [6.07, 6.45) is 4.32. The van der Waals surface area contributed by atoms with Crippen LogP contribution in [-0.4, -0.2) is 28.3 Å². The zero-order valence-corrected chi connectivity index (χ0v) is 10.7. The number of esters is 1. The Morgan fingerprint density at radius 3 is 2.88 bits per heavy atom. The van der Waals surface area contributed by atoms with Crippen LogP contribution in [0.25, 0.3) is 0 Å². The maximum absolute atomic E-state index is 11.6. The van der Waals surface area contributed by atoms with Crippen molar-refractivity contribution in [1.82, 2.24) is 4.98 Å². The van der Waals surface area contributed by atoms with Crippen molar-refractivity contribution in [3.05, 3.63) is 16.6 Å². The van der Waals surface area contributed by atoms with E-state index in [4.69, 9.17) is 4.74 Å². The topological polar surface area (TPSA) is 59.4 Å².